The molecule has 0 aromatic heterocycles. The van der Waals surface area contributed by atoms with E-state index in [0.29, 0.717) is 12.5 Å². The molecule has 2 nitrogen and oxygen atoms in total. The monoisotopic (exact) mass is 269 g/mol. The highest BCUT2D eigenvalue weighted by atomic mass is 16.5. The smallest absolute Gasteiger partial charge is 0.119 e. The van der Waals surface area contributed by atoms with Gasteiger partial charge in [0.15, 0.2) is 0 Å². The molecule has 0 heterocycles. The first-order valence-corrected chi connectivity index (χ1v) is 7.21. The molecule has 2 aromatic rings. The molecule has 0 spiro atoms. The molecule has 0 fully saturated rings. The Morgan fingerprint density at radius 2 is 1.70 bits per heavy atom. The Morgan fingerprint density at radius 3 is 2.35 bits per heavy atom. The molecule has 2 N–H and O–H groups in total. The highest BCUT2D eigenvalue weighted by Gasteiger charge is 2.08. The summed E-state index contributed by atoms with van der Waals surface area (Å²) in [6.07, 6.45) is 2.01. The van der Waals surface area contributed by atoms with Gasteiger partial charge in [-0.25, -0.2) is 0 Å². The zero-order valence-corrected chi connectivity index (χ0v) is 12.1. The maximum Gasteiger partial charge on any atom is 0.119 e. The van der Waals surface area contributed by atoms with Gasteiger partial charge in [0, 0.05) is 0 Å². The van der Waals surface area contributed by atoms with Crippen LogP contribution in [-0.2, 0) is 6.42 Å². The van der Waals surface area contributed by atoms with Crippen molar-refractivity contribution in [1.29, 1.82) is 0 Å². The fourth-order valence-electron chi connectivity index (χ4n) is 2.22. The lowest BCUT2D eigenvalue weighted by Crippen LogP contribution is -2.19. The molecule has 0 amide bonds. The summed E-state index contributed by atoms with van der Waals surface area (Å²) in [4.78, 5) is 0. The molecule has 0 saturated heterocycles. The van der Waals surface area contributed by atoms with Crippen molar-refractivity contribution in [2.75, 3.05) is 13.2 Å². The molecule has 2 aromatic carbocycles. The standard InChI is InChI=1S/C18H23NO/c1-15-7-9-16(10-8-15)13-17(14-19)11-12-20-18-5-3-2-4-6-18/h2-10,17H,11-14,19H2,1H3. The lowest BCUT2D eigenvalue weighted by Gasteiger charge is -2.15. The predicted octanol–water partition coefficient (Wildman–Crippen LogP) is 3.58. The number of hydrogen-bond donors (Lipinski definition) is 1. The zero-order valence-electron chi connectivity index (χ0n) is 12.1. The molecule has 2 heteroatoms. The minimum absolute atomic E-state index is 0.474. The topological polar surface area (TPSA) is 35.2 Å². The SMILES string of the molecule is Cc1ccc(CC(CN)CCOc2ccccc2)cc1. The Morgan fingerprint density at radius 1 is 1.00 bits per heavy atom. The van der Waals surface area contributed by atoms with E-state index < -0.39 is 0 Å². The number of hydrogen-bond acceptors (Lipinski definition) is 2. The lowest BCUT2D eigenvalue weighted by molar-refractivity contribution is 0.279. The zero-order chi connectivity index (χ0) is 14.2. The Hall–Kier alpha value is -1.80. The van der Waals surface area contributed by atoms with Gasteiger partial charge >= 0.3 is 0 Å². The van der Waals surface area contributed by atoms with Gasteiger partial charge in [-0.15, -0.1) is 0 Å². The van der Waals surface area contributed by atoms with Gasteiger partial charge in [0.05, 0.1) is 6.61 Å². The van der Waals surface area contributed by atoms with Crippen LogP contribution in [0.4, 0.5) is 0 Å². The lowest BCUT2D eigenvalue weighted by atomic mass is 9.96. The average molecular weight is 269 g/mol. The molecule has 2 rings (SSSR count). The van der Waals surface area contributed by atoms with Crippen molar-refractivity contribution >= 4 is 0 Å². The average Bonchev–Trinajstić information content (AvgIpc) is 2.49. The molecular weight excluding hydrogens is 246 g/mol. The maximum atomic E-state index is 5.87. The van der Waals surface area contributed by atoms with Crippen molar-refractivity contribution in [3.8, 4) is 5.75 Å². The van der Waals surface area contributed by atoms with Crippen LogP contribution in [0.3, 0.4) is 0 Å². The van der Waals surface area contributed by atoms with Gasteiger partial charge in [-0.05, 0) is 49.9 Å². The summed E-state index contributed by atoms with van der Waals surface area (Å²) >= 11 is 0. The second kappa shape index (κ2) is 7.71. The minimum Gasteiger partial charge on any atom is -0.494 e. The van der Waals surface area contributed by atoms with Crippen LogP contribution in [0.25, 0.3) is 0 Å². The summed E-state index contributed by atoms with van der Waals surface area (Å²) in [6, 6.07) is 18.6. The molecule has 0 bridgehead atoms. The first-order chi connectivity index (χ1) is 9.78. The van der Waals surface area contributed by atoms with E-state index in [0.717, 1.165) is 25.2 Å². The molecular formula is C18H23NO. The van der Waals surface area contributed by atoms with Gasteiger partial charge in [0.2, 0.25) is 0 Å². The normalized spacial score (nSPS) is 12.1. The second-order valence-corrected chi connectivity index (χ2v) is 5.24. The fraction of sp³-hybridized carbons (Fsp3) is 0.333. The molecule has 1 atom stereocenters. The number of rotatable bonds is 7. The number of ether oxygens (including phenoxy) is 1. The summed E-state index contributed by atoms with van der Waals surface area (Å²) in [7, 11) is 0. The Balaban J connectivity index is 1.79. The maximum absolute atomic E-state index is 5.87. The molecule has 0 aliphatic rings. The van der Waals surface area contributed by atoms with E-state index in [1.165, 1.54) is 11.1 Å². The van der Waals surface area contributed by atoms with E-state index >= 15 is 0 Å². The van der Waals surface area contributed by atoms with Crippen molar-refractivity contribution in [2.45, 2.75) is 19.8 Å². The van der Waals surface area contributed by atoms with Crippen LogP contribution >= 0.6 is 0 Å². The largest absolute Gasteiger partial charge is 0.494 e. The van der Waals surface area contributed by atoms with Gasteiger partial charge in [0.25, 0.3) is 0 Å². The van der Waals surface area contributed by atoms with E-state index in [4.69, 9.17) is 10.5 Å². The highest BCUT2D eigenvalue weighted by Crippen LogP contribution is 2.14. The molecule has 0 radical (unpaired) electrons. The van der Waals surface area contributed by atoms with Crippen molar-refractivity contribution in [1.82, 2.24) is 0 Å². The number of para-hydroxylation sites is 1. The van der Waals surface area contributed by atoms with Gasteiger partial charge < -0.3 is 10.5 Å². The predicted molar refractivity (Wildman–Crippen MR) is 84.0 cm³/mol. The summed E-state index contributed by atoms with van der Waals surface area (Å²) in [5, 5.41) is 0. The van der Waals surface area contributed by atoms with Crippen molar-refractivity contribution in [2.24, 2.45) is 11.7 Å². The van der Waals surface area contributed by atoms with E-state index in [9.17, 15) is 0 Å². The van der Waals surface area contributed by atoms with Crippen molar-refractivity contribution in [3.63, 3.8) is 0 Å². The summed E-state index contributed by atoms with van der Waals surface area (Å²) in [5.74, 6) is 1.40. The highest BCUT2D eigenvalue weighted by molar-refractivity contribution is 5.22. The summed E-state index contributed by atoms with van der Waals surface area (Å²) < 4.78 is 5.74. The molecule has 0 aliphatic carbocycles. The number of aryl methyl sites for hydroxylation is 1. The first-order valence-electron chi connectivity index (χ1n) is 7.21. The van der Waals surface area contributed by atoms with Gasteiger partial charge in [-0.2, -0.15) is 0 Å². The van der Waals surface area contributed by atoms with Crippen LogP contribution in [0.5, 0.6) is 5.75 Å². The quantitative estimate of drug-likeness (QED) is 0.834. The molecule has 0 saturated carbocycles. The van der Waals surface area contributed by atoms with Crippen LogP contribution < -0.4 is 10.5 Å². The molecule has 20 heavy (non-hydrogen) atoms. The number of nitrogens with two attached hydrogens (primary N) is 1. The first kappa shape index (κ1) is 14.6. The molecule has 0 aliphatic heterocycles. The Bertz CT molecular complexity index is 493. The third-order valence-electron chi connectivity index (χ3n) is 3.52. The van der Waals surface area contributed by atoms with Crippen LogP contribution in [-0.4, -0.2) is 13.2 Å². The number of benzene rings is 2. The van der Waals surface area contributed by atoms with Crippen LogP contribution in [0.2, 0.25) is 0 Å². The van der Waals surface area contributed by atoms with E-state index in [2.05, 4.69) is 31.2 Å². The van der Waals surface area contributed by atoms with Gasteiger partial charge in [-0.3, -0.25) is 0 Å². The summed E-state index contributed by atoms with van der Waals surface area (Å²) in [5.41, 5.74) is 8.52. The van der Waals surface area contributed by atoms with E-state index in [1.807, 2.05) is 30.3 Å². The van der Waals surface area contributed by atoms with Crippen molar-refractivity contribution in [3.05, 3.63) is 65.7 Å². The van der Waals surface area contributed by atoms with Gasteiger partial charge in [-0.1, -0.05) is 48.0 Å². The van der Waals surface area contributed by atoms with E-state index in [1.54, 1.807) is 0 Å². The van der Waals surface area contributed by atoms with Gasteiger partial charge in [0.1, 0.15) is 5.75 Å². The Kier molecular flexibility index (Phi) is 5.63. The third-order valence-corrected chi connectivity index (χ3v) is 3.52. The van der Waals surface area contributed by atoms with Crippen LogP contribution in [0, 0.1) is 12.8 Å². The molecule has 106 valence electrons. The molecule has 1 unspecified atom stereocenters. The van der Waals surface area contributed by atoms with Crippen LogP contribution in [0.1, 0.15) is 17.5 Å². The Labute approximate surface area is 121 Å². The van der Waals surface area contributed by atoms with Crippen molar-refractivity contribution < 1.29 is 4.74 Å². The third kappa shape index (κ3) is 4.71. The van der Waals surface area contributed by atoms with Crippen LogP contribution in [0.15, 0.2) is 54.6 Å². The minimum atomic E-state index is 0.474. The second-order valence-electron chi connectivity index (χ2n) is 5.24. The summed E-state index contributed by atoms with van der Waals surface area (Å²) in [6.45, 7) is 3.53. The van der Waals surface area contributed by atoms with E-state index in [-0.39, 0.29) is 0 Å². The fourth-order valence-corrected chi connectivity index (χ4v) is 2.22.